The van der Waals surface area contributed by atoms with Crippen LogP contribution in [0.5, 0.6) is 11.5 Å². The Bertz CT molecular complexity index is 789. The maximum atomic E-state index is 6.27. The van der Waals surface area contributed by atoms with E-state index in [1.54, 1.807) is 14.2 Å². The molecule has 4 heteroatoms. The van der Waals surface area contributed by atoms with E-state index in [0.29, 0.717) is 5.92 Å². The lowest BCUT2D eigenvalue weighted by Crippen LogP contribution is -2.36. The molecule has 4 nitrogen and oxygen atoms in total. The van der Waals surface area contributed by atoms with E-state index in [1.807, 2.05) is 6.07 Å². The van der Waals surface area contributed by atoms with E-state index in [2.05, 4.69) is 42.6 Å². The van der Waals surface area contributed by atoms with Crippen molar-refractivity contribution in [2.45, 2.75) is 38.3 Å². The highest BCUT2D eigenvalue weighted by atomic mass is 16.5. The highest BCUT2D eigenvalue weighted by Gasteiger charge is 2.40. The van der Waals surface area contributed by atoms with Gasteiger partial charge in [-0.25, -0.2) is 0 Å². The van der Waals surface area contributed by atoms with Crippen LogP contribution in [0.3, 0.4) is 0 Å². The summed E-state index contributed by atoms with van der Waals surface area (Å²) in [6.07, 6.45) is 3.47. The number of rotatable bonds is 4. The summed E-state index contributed by atoms with van der Waals surface area (Å²) in [6.45, 7) is 3.04. The molecule has 0 amide bonds. The maximum Gasteiger partial charge on any atom is 0.161 e. The summed E-state index contributed by atoms with van der Waals surface area (Å²) in [5.74, 6) is 1.95. The van der Waals surface area contributed by atoms with Gasteiger partial charge in [0.25, 0.3) is 0 Å². The van der Waals surface area contributed by atoms with Gasteiger partial charge in [-0.1, -0.05) is 25.1 Å². The van der Waals surface area contributed by atoms with E-state index in [-0.39, 0.29) is 12.1 Å². The number of aryl methyl sites for hydroxylation is 1. The maximum absolute atomic E-state index is 6.27. The number of nitrogens with one attached hydrogen (secondary N) is 1. The molecule has 2 aromatic rings. The molecular formula is C22H27NO3. The van der Waals surface area contributed by atoms with E-state index < -0.39 is 0 Å². The van der Waals surface area contributed by atoms with Crippen LogP contribution in [0.25, 0.3) is 0 Å². The van der Waals surface area contributed by atoms with Crippen molar-refractivity contribution in [3.05, 3.63) is 53.1 Å². The minimum atomic E-state index is 0.157. The minimum absolute atomic E-state index is 0.157. The van der Waals surface area contributed by atoms with E-state index in [1.165, 1.54) is 22.4 Å². The van der Waals surface area contributed by atoms with Gasteiger partial charge >= 0.3 is 0 Å². The number of anilines is 1. The highest BCUT2D eigenvalue weighted by molar-refractivity contribution is 5.59. The van der Waals surface area contributed by atoms with Gasteiger partial charge in [-0.05, 0) is 48.6 Å². The van der Waals surface area contributed by atoms with Gasteiger partial charge in [0.2, 0.25) is 0 Å². The fraction of sp³-hybridized carbons (Fsp3) is 0.455. The van der Waals surface area contributed by atoms with Crippen molar-refractivity contribution in [2.24, 2.45) is 5.92 Å². The first-order valence-corrected chi connectivity index (χ1v) is 9.48. The lowest BCUT2D eigenvalue weighted by molar-refractivity contribution is -0.0381. The lowest BCUT2D eigenvalue weighted by Gasteiger charge is -2.43. The Morgan fingerprint density at radius 3 is 2.69 bits per heavy atom. The third kappa shape index (κ3) is 2.92. The fourth-order valence-corrected chi connectivity index (χ4v) is 4.32. The zero-order valence-electron chi connectivity index (χ0n) is 15.7. The lowest BCUT2D eigenvalue weighted by atomic mass is 9.77. The third-order valence-corrected chi connectivity index (χ3v) is 5.70. The topological polar surface area (TPSA) is 39.7 Å². The average Bonchev–Trinajstić information content (AvgIpc) is 2.72. The van der Waals surface area contributed by atoms with Gasteiger partial charge in [-0.15, -0.1) is 0 Å². The molecule has 26 heavy (non-hydrogen) atoms. The molecule has 0 aromatic heterocycles. The summed E-state index contributed by atoms with van der Waals surface area (Å²) in [7, 11) is 3.35. The molecule has 0 saturated carbocycles. The van der Waals surface area contributed by atoms with Crippen LogP contribution in [0.15, 0.2) is 36.4 Å². The number of benzene rings is 2. The summed E-state index contributed by atoms with van der Waals surface area (Å²) < 4.78 is 17.2. The number of hydrogen-bond acceptors (Lipinski definition) is 4. The molecule has 3 unspecified atom stereocenters. The normalized spacial score (nSPS) is 24.2. The molecule has 2 aliphatic rings. The van der Waals surface area contributed by atoms with E-state index in [0.717, 1.165) is 37.4 Å². The van der Waals surface area contributed by atoms with E-state index in [4.69, 9.17) is 14.2 Å². The summed E-state index contributed by atoms with van der Waals surface area (Å²) in [5.41, 5.74) is 5.08. The Kier molecular flexibility index (Phi) is 4.77. The van der Waals surface area contributed by atoms with Crippen LogP contribution >= 0.6 is 0 Å². The molecule has 1 saturated heterocycles. The van der Waals surface area contributed by atoms with Crippen molar-refractivity contribution in [3.63, 3.8) is 0 Å². The molecule has 1 fully saturated rings. The highest BCUT2D eigenvalue weighted by Crippen LogP contribution is 2.50. The molecule has 0 aliphatic carbocycles. The second kappa shape index (κ2) is 7.20. The summed E-state index contributed by atoms with van der Waals surface area (Å²) in [4.78, 5) is 0. The number of methoxy groups -OCH3 is 2. The first-order valence-electron chi connectivity index (χ1n) is 9.48. The largest absolute Gasteiger partial charge is 0.493 e. The van der Waals surface area contributed by atoms with Gasteiger partial charge < -0.3 is 19.5 Å². The fourth-order valence-electron chi connectivity index (χ4n) is 4.32. The Morgan fingerprint density at radius 2 is 1.92 bits per heavy atom. The van der Waals surface area contributed by atoms with Crippen molar-refractivity contribution in [3.8, 4) is 11.5 Å². The Labute approximate surface area is 155 Å². The molecule has 1 N–H and O–H groups in total. The average molecular weight is 353 g/mol. The number of ether oxygens (including phenoxy) is 3. The van der Waals surface area contributed by atoms with Crippen molar-refractivity contribution < 1.29 is 14.2 Å². The summed E-state index contributed by atoms with van der Waals surface area (Å²) in [5, 5.41) is 3.78. The van der Waals surface area contributed by atoms with Crippen LogP contribution < -0.4 is 14.8 Å². The van der Waals surface area contributed by atoms with Crippen LogP contribution in [-0.4, -0.2) is 20.8 Å². The molecule has 2 heterocycles. The Balaban J connectivity index is 1.75. The molecule has 0 radical (unpaired) electrons. The van der Waals surface area contributed by atoms with Gasteiger partial charge in [-0.3, -0.25) is 0 Å². The van der Waals surface area contributed by atoms with Crippen molar-refractivity contribution in [2.75, 3.05) is 26.1 Å². The van der Waals surface area contributed by atoms with Crippen LogP contribution in [-0.2, 0) is 11.2 Å². The number of hydrogen-bond donors (Lipinski definition) is 1. The zero-order valence-corrected chi connectivity index (χ0v) is 15.7. The van der Waals surface area contributed by atoms with Crippen LogP contribution in [0, 0.1) is 5.92 Å². The third-order valence-electron chi connectivity index (χ3n) is 5.70. The quantitative estimate of drug-likeness (QED) is 0.848. The Morgan fingerprint density at radius 1 is 1.08 bits per heavy atom. The molecule has 2 aromatic carbocycles. The van der Waals surface area contributed by atoms with Crippen molar-refractivity contribution in [1.29, 1.82) is 0 Å². The van der Waals surface area contributed by atoms with Gasteiger partial charge in [-0.2, -0.15) is 0 Å². The first kappa shape index (κ1) is 17.2. The van der Waals surface area contributed by atoms with Gasteiger partial charge in [0, 0.05) is 23.8 Å². The van der Waals surface area contributed by atoms with E-state index >= 15 is 0 Å². The predicted octanol–water partition coefficient (Wildman–Crippen LogP) is 4.90. The first-order chi connectivity index (χ1) is 12.7. The summed E-state index contributed by atoms with van der Waals surface area (Å²) in [6, 6.07) is 13.2. The van der Waals surface area contributed by atoms with Crippen LogP contribution in [0.1, 0.15) is 48.6 Å². The van der Waals surface area contributed by atoms with Crippen molar-refractivity contribution >= 4 is 5.69 Å². The smallest absolute Gasteiger partial charge is 0.161 e. The number of fused-ring (bicyclic) bond motifs is 3. The second-order valence-electron chi connectivity index (χ2n) is 7.11. The Hall–Kier alpha value is -2.20. The molecule has 3 atom stereocenters. The second-order valence-corrected chi connectivity index (χ2v) is 7.11. The zero-order chi connectivity index (χ0) is 18.1. The molecule has 2 aliphatic heterocycles. The molecule has 138 valence electrons. The molecule has 4 rings (SSSR count). The monoisotopic (exact) mass is 353 g/mol. The van der Waals surface area contributed by atoms with Gasteiger partial charge in [0.1, 0.15) is 0 Å². The SMILES string of the molecule is CCc1ccc2c(c1)C1OCCCC1C(c1ccc(OC)c(OC)c1)N2. The molecular weight excluding hydrogens is 326 g/mol. The standard InChI is InChI=1S/C22H27NO3/c1-4-14-7-9-18-17(12-14)22-16(6-5-11-26-22)21(23-18)15-8-10-19(24-2)20(13-15)25-3/h7-10,12-13,16,21-23H,4-6,11H2,1-3H3. The van der Waals surface area contributed by atoms with Crippen LogP contribution in [0.4, 0.5) is 5.69 Å². The molecule has 0 spiro atoms. The van der Waals surface area contributed by atoms with Gasteiger partial charge in [0.05, 0.1) is 26.4 Å². The summed E-state index contributed by atoms with van der Waals surface area (Å²) >= 11 is 0. The minimum Gasteiger partial charge on any atom is -0.493 e. The van der Waals surface area contributed by atoms with E-state index in [9.17, 15) is 0 Å². The predicted molar refractivity (Wildman–Crippen MR) is 103 cm³/mol. The molecule has 0 bridgehead atoms. The van der Waals surface area contributed by atoms with Crippen LogP contribution in [0.2, 0.25) is 0 Å². The van der Waals surface area contributed by atoms with Crippen molar-refractivity contribution in [1.82, 2.24) is 0 Å². The van der Waals surface area contributed by atoms with Gasteiger partial charge in [0.15, 0.2) is 11.5 Å².